The number of rotatable bonds is 7. The van der Waals surface area contributed by atoms with E-state index >= 15 is 0 Å². The fourth-order valence-corrected chi connectivity index (χ4v) is 5.03. The number of nitrogens with one attached hydrogen (secondary N) is 2. The van der Waals surface area contributed by atoms with Crippen molar-refractivity contribution in [1.82, 2.24) is 14.7 Å². The number of benzene rings is 2. The van der Waals surface area contributed by atoms with Crippen LogP contribution in [-0.2, 0) is 17.1 Å². The number of aryl methyl sites for hydroxylation is 1. The van der Waals surface area contributed by atoms with E-state index in [1.165, 1.54) is 16.8 Å². The van der Waals surface area contributed by atoms with Crippen LogP contribution in [-0.4, -0.2) is 29.7 Å². The minimum absolute atomic E-state index is 0.0321. The number of carbonyl (C=O) groups excluding carboxylic acids is 1. The monoisotopic (exact) mass is 468 g/mol. The maximum absolute atomic E-state index is 13.2. The van der Waals surface area contributed by atoms with Gasteiger partial charge in [0.1, 0.15) is 5.69 Å². The summed E-state index contributed by atoms with van der Waals surface area (Å²) >= 11 is 0. The van der Waals surface area contributed by atoms with Crippen LogP contribution in [0.25, 0.3) is 5.69 Å². The Kier molecular flexibility index (Phi) is 5.92. The third-order valence-electron chi connectivity index (χ3n) is 6.24. The van der Waals surface area contributed by atoms with Gasteiger partial charge in [-0.2, -0.15) is 0 Å². The topological polar surface area (TPSA) is 102 Å². The van der Waals surface area contributed by atoms with Crippen molar-refractivity contribution >= 4 is 21.6 Å². The van der Waals surface area contributed by atoms with Crippen molar-refractivity contribution in [2.24, 2.45) is 13.0 Å². The molecule has 9 heteroatoms. The van der Waals surface area contributed by atoms with E-state index in [0.29, 0.717) is 28.4 Å². The molecule has 2 N–H and O–H groups in total. The van der Waals surface area contributed by atoms with Gasteiger partial charge in [0.2, 0.25) is 0 Å². The summed E-state index contributed by atoms with van der Waals surface area (Å²) in [6, 6.07) is 13.4. The molecule has 1 heterocycles. The lowest BCUT2D eigenvalue weighted by atomic mass is 10.1. The number of aromatic nitrogens is 2. The highest BCUT2D eigenvalue weighted by Gasteiger charge is 2.30. The molecule has 0 aliphatic heterocycles. The molecular weight excluding hydrogens is 440 g/mol. The number of nitrogens with zero attached hydrogens (tertiary/aromatic N) is 2. The molecule has 1 fully saturated rings. The van der Waals surface area contributed by atoms with E-state index in [1.807, 2.05) is 13.0 Å². The lowest BCUT2D eigenvalue weighted by molar-refractivity contribution is 0.0935. The van der Waals surface area contributed by atoms with E-state index in [4.69, 9.17) is 0 Å². The first-order valence-electron chi connectivity index (χ1n) is 10.9. The summed E-state index contributed by atoms with van der Waals surface area (Å²) < 4.78 is 31.8. The van der Waals surface area contributed by atoms with Crippen molar-refractivity contribution in [3.63, 3.8) is 0 Å². The first-order chi connectivity index (χ1) is 15.6. The number of para-hydroxylation sites is 1. The Morgan fingerprint density at radius 2 is 1.76 bits per heavy atom. The minimum atomic E-state index is -4.11. The standard InChI is InChI=1S/C24H28N4O4S/c1-15-10-13-20(14-21(15)23(29)25-16(2)18-11-12-18)33(31,32)26-22-17(3)27(4)28(24(22)30)19-8-6-5-7-9-19/h5-10,13-14,16,18,26H,11-12H2,1-4H3,(H,25,29). The Hall–Kier alpha value is -3.33. The molecule has 1 amide bonds. The van der Waals surface area contributed by atoms with E-state index in [1.54, 1.807) is 55.9 Å². The van der Waals surface area contributed by atoms with Crippen molar-refractivity contribution < 1.29 is 13.2 Å². The van der Waals surface area contributed by atoms with E-state index < -0.39 is 15.6 Å². The molecule has 1 atom stereocenters. The maximum atomic E-state index is 13.2. The number of hydrogen-bond acceptors (Lipinski definition) is 4. The second-order valence-electron chi connectivity index (χ2n) is 8.62. The van der Waals surface area contributed by atoms with Crippen LogP contribution in [0.5, 0.6) is 0 Å². The van der Waals surface area contributed by atoms with Gasteiger partial charge >= 0.3 is 0 Å². The molecule has 2 aromatic carbocycles. The van der Waals surface area contributed by atoms with Crippen molar-refractivity contribution in [2.75, 3.05) is 4.72 Å². The Labute approximate surface area is 193 Å². The van der Waals surface area contributed by atoms with Crippen LogP contribution in [0.2, 0.25) is 0 Å². The molecule has 1 aromatic heterocycles. The molecule has 1 aliphatic rings. The average Bonchev–Trinajstić information content (AvgIpc) is 3.60. The van der Waals surface area contributed by atoms with Crippen LogP contribution >= 0.6 is 0 Å². The van der Waals surface area contributed by atoms with Gasteiger partial charge in [0.15, 0.2) is 0 Å². The maximum Gasteiger partial charge on any atom is 0.296 e. The molecule has 3 aromatic rings. The van der Waals surface area contributed by atoms with Gasteiger partial charge in [-0.05, 0) is 69.4 Å². The number of sulfonamides is 1. The first-order valence-corrected chi connectivity index (χ1v) is 12.4. The highest BCUT2D eigenvalue weighted by molar-refractivity contribution is 7.92. The Morgan fingerprint density at radius 3 is 2.39 bits per heavy atom. The number of hydrogen-bond donors (Lipinski definition) is 2. The number of anilines is 1. The molecule has 1 unspecified atom stereocenters. The molecule has 8 nitrogen and oxygen atoms in total. The van der Waals surface area contributed by atoms with Gasteiger partial charge < -0.3 is 5.32 Å². The first kappa shape index (κ1) is 22.8. The fraction of sp³-hybridized carbons (Fsp3) is 0.333. The van der Waals surface area contributed by atoms with Gasteiger partial charge in [0, 0.05) is 18.7 Å². The normalized spacial score (nSPS) is 14.7. The SMILES string of the molecule is Cc1ccc(S(=O)(=O)Nc2c(C)n(C)n(-c3ccccc3)c2=O)cc1C(=O)NC(C)C1CC1. The van der Waals surface area contributed by atoms with Crippen molar-refractivity contribution in [2.45, 2.75) is 44.6 Å². The second-order valence-corrected chi connectivity index (χ2v) is 10.3. The van der Waals surface area contributed by atoms with Crippen LogP contribution in [0, 0.1) is 19.8 Å². The molecular formula is C24H28N4O4S. The number of carbonyl (C=O) groups is 1. The molecule has 4 rings (SSSR count). The lowest BCUT2D eigenvalue weighted by Gasteiger charge is -2.15. The summed E-state index contributed by atoms with van der Waals surface area (Å²) in [5.41, 5.74) is 1.56. The smallest absolute Gasteiger partial charge is 0.296 e. The van der Waals surface area contributed by atoms with Gasteiger partial charge in [-0.1, -0.05) is 24.3 Å². The van der Waals surface area contributed by atoms with Gasteiger partial charge in [0.25, 0.3) is 21.5 Å². The van der Waals surface area contributed by atoms with Gasteiger partial charge in [-0.15, -0.1) is 0 Å². The molecule has 174 valence electrons. The van der Waals surface area contributed by atoms with Crippen LogP contribution < -0.4 is 15.6 Å². The van der Waals surface area contributed by atoms with Crippen molar-refractivity contribution in [1.29, 1.82) is 0 Å². The largest absolute Gasteiger partial charge is 0.349 e. The molecule has 0 spiro atoms. The number of amides is 1. The summed E-state index contributed by atoms with van der Waals surface area (Å²) in [4.78, 5) is 25.8. The third-order valence-corrected chi connectivity index (χ3v) is 7.59. The molecule has 1 aliphatic carbocycles. The average molecular weight is 469 g/mol. The summed E-state index contributed by atoms with van der Waals surface area (Å²) in [5.74, 6) is 0.182. The Morgan fingerprint density at radius 1 is 1.09 bits per heavy atom. The molecule has 0 bridgehead atoms. The summed E-state index contributed by atoms with van der Waals surface area (Å²) in [6.07, 6.45) is 2.19. The molecule has 0 radical (unpaired) electrons. The Bertz CT molecular complexity index is 1370. The lowest BCUT2D eigenvalue weighted by Crippen LogP contribution is -2.34. The fourth-order valence-electron chi connectivity index (χ4n) is 3.89. The van der Waals surface area contributed by atoms with E-state index in [0.717, 1.165) is 12.8 Å². The predicted octanol–water partition coefficient (Wildman–Crippen LogP) is 3.12. The summed E-state index contributed by atoms with van der Waals surface area (Å²) in [5, 5.41) is 2.96. The highest BCUT2D eigenvalue weighted by Crippen LogP contribution is 2.32. The van der Waals surface area contributed by atoms with Crippen molar-refractivity contribution in [3.05, 3.63) is 75.7 Å². The van der Waals surface area contributed by atoms with E-state index in [2.05, 4.69) is 10.0 Å². The zero-order valence-electron chi connectivity index (χ0n) is 19.1. The second kappa shape index (κ2) is 8.55. The summed E-state index contributed by atoms with van der Waals surface area (Å²) in [7, 11) is -2.41. The van der Waals surface area contributed by atoms with Gasteiger partial charge in [-0.3, -0.25) is 19.0 Å². The highest BCUT2D eigenvalue weighted by atomic mass is 32.2. The van der Waals surface area contributed by atoms with Crippen LogP contribution in [0.4, 0.5) is 5.69 Å². The zero-order chi connectivity index (χ0) is 23.9. The van der Waals surface area contributed by atoms with E-state index in [-0.39, 0.29) is 22.5 Å². The summed E-state index contributed by atoms with van der Waals surface area (Å²) in [6.45, 7) is 5.40. The Balaban J connectivity index is 1.66. The molecule has 0 saturated heterocycles. The third kappa shape index (κ3) is 4.45. The van der Waals surface area contributed by atoms with Crippen molar-refractivity contribution in [3.8, 4) is 5.69 Å². The zero-order valence-corrected chi connectivity index (χ0v) is 19.9. The predicted molar refractivity (Wildman–Crippen MR) is 127 cm³/mol. The molecule has 33 heavy (non-hydrogen) atoms. The van der Waals surface area contributed by atoms with E-state index in [9.17, 15) is 18.0 Å². The van der Waals surface area contributed by atoms with Crippen LogP contribution in [0.1, 0.15) is 41.4 Å². The van der Waals surface area contributed by atoms with Crippen LogP contribution in [0.3, 0.4) is 0 Å². The van der Waals surface area contributed by atoms with Gasteiger partial charge in [-0.25, -0.2) is 13.1 Å². The minimum Gasteiger partial charge on any atom is -0.349 e. The molecule has 1 saturated carbocycles. The van der Waals surface area contributed by atoms with Gasteiger partial charge in [0.05, 0.1) is 16.3 Å². The van der Waals surface area contributed by atoms with Crippen LogP contribution in [0.15, 0.2) is 58.2 Å². The quantitative estimate of drug-likeness (QED) is 0.556.